The molecular formula is C27H30N4O2S. The lowest BCUT2D eigenvalue weighted by Crippen LogP contribution is -2.37. The van der Waals surface area contributed by atoms with Gasteiger partial charge in [-0.05, 0) is 87.3 Å². The third-order valence-electron chi connectivity index (χ3n) is 7.34. The molecule has 2 aliphatic rings. The van der Waals surface area contributed by atoms with E-state index in [1.807, 2.05) is 31.3 Å². The fourth-order valence-electron chi connectivity index (χ4n) is 5.71. The number of aromatic carboxylic acids is 1. The molecule has 1 aromatic carbocycles. The molecule has 1 saturated heterocycles. The van der Waals surface area contributed by atoms with Gasteiger partial charge in [-0.3, -0.25) is 4.98 Å². The quantitative estimate of drug-likeness (QED) is 0.482. The molecule has 2 aromatic heterocycles. The first kappa shape index (κ1) is 22.6. The van der Waals surface area contributed by atoms with Crippen LogP contribution in [0.3, 0.4) is 0 Å². The van der Waals surface area contributed by atoms with E-state index >= 15 is 0 Å². The first-order chi connectivity index (χ1) is 16.4. The molecule has 0 amide bonds. The number of pyridine rings is 1. The minimum Gasteiger partial charge on any atom is -0.478 e. The summed E-state index contributed by atoms with van der Waals surface area (Å²) in [6.45, 7) is 6.23. The van der Waals surface area contributed by atoms with E-state index < -0.39 is 5.97 Å². The fourth-order valence-corrected chi connectivity index (χ4v) is 6.10. The Morgan fingerprint density at radius 1 is 1.12 bits per heavy atom. The molecule has 2 atom stereocenters. The average Bonchev–Trinajstić information content (AvgIpc) is 3.53. The van der Waals surface area contributed by atoms with Crippen LogP contribution in [0.2, 0.25) is 0 Å². The third kappa shape index (κ3) is 3.78. The van der Waals surface area contributed by atoms with Crippen LogP contribution in [0, 0.1) is 20.8 Å². The van der Waals surface area contributed by atoms with Gasteiger partial charge in [-0.1, -0.05) is 25.0 Å². The number of aromatic nitrogens is 2. The van der Waals surface area contributed by atoms with Crippen molar-refractivity contribution in [2.75, 3.05) is 0 Å². The molecule has 7 heteroatoms. The summed E-state index contributed by atoms with van der Waals surface area (Å²) >= 11 is 5.89. The monoisotopic (exact) mass is 474 g/mol. The Hall–Kier alpha value is -3.19. The topological polar surface area (TPSA) is 70.4 Å². The van der Waals surface area contributed by atoms with E-state index in [0.717, 1.165) is 46.3 Å². The van der Waals surface area contributed by atoms with Crippen LogP contribution in [-0.2, 0) is 0 Å². The van der Waals surface area contributed by atoms with E-state index in [1.165, 1.54) is 18.4 Å². The molecule has 3 aromatic rings. The van der Waals surface area contributed by atoms with Crippen molar-refractivity contribution >= 4 is 23.3 Å². The van der Waals surface area contributed by atoms with Crippen molar-refractivity contribution in [3.05, 3.63) is 82.4 Å². The predicted octanol–water partition coefficient (Wildman–Crippen LogP) is 5.41. The number of carboxylic acid groups (broad SMARTS) is 1. The van der Waals surface area contributed by atoms with Gasteiger partial charge in [0.1, 0.15) is 0 Å². The number of carboxylic acids is 1. The number of hydrogen-bond donors (Lipinski definition) is 2. The minimum atomic E-state index is -0.920. The Morgan fingerprint density at radius 3 is 2.56 bits per heavy atom. The van der Waals surface area contributed by atoms with Gasteiger partial charge in [0.05, 0.1) is 23.3 Å². The summed E-state index contributed by atoms with van der Waals surface area (Å²) in [4.78, 5) is 18.7. The molecule has 34 heavy (non-hydrogen) atoms. The van der Waals surface area contributed by atoms with E-state index in [1.54, 1.807) is 12.1 Å². The first-order valence-corrected chi connectivity index (χ1v) is 12.3. The second kappa shape index (κ2) is 8.87. The van der Waals surface area contributed by atoms with E-state index in [2.05, 4.69) is 45.7 Å². The van der Waals surface area contributed by atoms with Crippen LogP contribution in [0.1, 0.15) is 76.3 Å². The molecule has 0 bridgehead atoms. The zero-order chi connectivity index (χ0) is 24.0. The van der Waals surface area contributed by atoms with Crippen LogP contribution in [0.25, 0.3) is 5.69 Å². The van der Waals surface area contributed by atoms with Gasteiger partial charge in [0.15, 0.2) is 5.11 Å². The summed E-state index contributed by atoms with van der Waals surface area (Å²) in [5.74, 6) is -0.920. The van der Waals surface area contributed by atoms with E-state index in [4.69, 9.17) is 12.2 Å². The second-order valence-corrected chi connectivity index (χ2v) is 9.83. The number of carbonyl (C=O) groups is 1. The van der Waals surface area contributed by atoms with Gasteiger partial charge >= 0.3 is 5.97 Å². The number of nitrogens with zero attached hydrogens (tertiary/aromatic N) is 3. The number of hydrogen-bond acceptors (Lipinski definition) is 3. The molecule has 2 fully saturated rings. The van der Waals surface area contributed by atoms with Crippen LogP contribution in [0.4, 0.5) is 0 Å². The Kier molecular flexibility index (Phi) is 5.90. The van der Waals surface area contributed by atoms with Gasteiger partial charge < -0.3 is 19.9 Å². The number of aryl methyl sites for hydroxylation is 2. The van der Waals surface area contributed by atoms with Gasteiger partial charge in [-0.15, -0.1) is 0 Å². The van der Waals surface area contributed by atoms with Gasteiger partial charge in [-0.2, -0.15) is 0 Å². The van der Waals surface area contributed by atoms with Crippen molar-refractivity contribution < 1.29 is 9.90 Å². The molecule has 1 aliphatic heterocycles. The average molecular weight is 475 g/mol. The Labute approximate surface area is 205 Å². The Morgan fingerprint density at radius 2 is 1.88 bits per heavy atom. The number of rotatable bonds is 5. The van der Waals surface area contributed by atoms with E-state index in [-0.39, 0.29) is 17.6 Å². The smallest absolute Gasteiger partial charge is 0.335 e. The molecule has 6 nitrogen and oxygen atoms in total. The van der Waals surface area contributed by atoms with Gasteiger partial charge in [-0.25, -0.2) is 4.79 Å². The first-order valence-electron chi connectivity index (χ1n) is 11.9. The van der Waals surface area contributed by atoms with Crippen molar-refractivity contribution in [3.8, 4) is 5.69 Å². The standard InChI is InChI=1S/C27H30N4O2S/c1-16-11-12-19(26(32)33)15-23(16)30-17(2)14-21(18(30)3)25-24(22-10-6-7-13-28-22)29-27(34)31(25)20-8-4-5-9-20/h6-7,10-15,20,24-25H,4-5,8-9H2,1-3H3,(H,29,34)(H,32,33)/t24-,25-/m1/s1. The maximum Gasteiger partial charge on any atom is 0.335 e. The van der Waals surface area contributed by atoms with Gasteiger partial charge in [0.2, 0.25) is 0 Å². The molecule has 0 spiro atoms. The lowest BCUT2D eigenvalue weighted by atomic mass is 9.95. The molecule has 1 aliphatic carbocycles. The molecule has 5 rings (SSSR count). The molecule has 0 radical (unpaired) electrons. The van der Waals surface area contributed by atoms with Crippen LogP contribution in [0.5, 0.6) is 0 Å². The predicted molar refractivity (Wildman–Crippen MR) is 136 cm³/mol. The van der Waals surface area contributed by atoms with Gasteiger partial charge in [0, 0.05) is 29.3 Å². The van der Waals surface area contributed by atoms with E-state index in [9.17, 15) is 9.90 Å². The summed E-state index contributed by atoms with van der Waals surface area (Å²) < 4.78 is 2.18. The van der Waals surface area contributed by atoms with Crippen LogP contribution in [-0.4, -0.2) is 36.7 Å². The lowest BCUT2D eigenvalue weighted by Gasteiger charge is -2.33. The van der Waals surface area contributed by atoms with Crippen molar-refractivity contribution in [2.45, 2.75) is 64.6 Å². The number of benzene rings is 1. The van der Waals surface area contributed by atoms with Crippen LogP contribution in [0.15, 0.2) is 48.7 Å². The highest BCUT2D eigenvalue weighted by molar-refractivity contribution is 7.80. The largest absolute Gasteiger partial charge is 0.478 e. The summed E-state index contributed by atoms with van der Waals surface area (Å²) in [7, 11) is 0. The highest BCUT2D eigenvalue weighted by Gasteiger charge is 2.44. The fraction of sp³-hybridized carbons (Fsp3) is 0.370. The number of thiocarbonyl (C=S) groups is 1. The summed E-state index contributed by atoms with van der Waals surface area (Å²) in [5.41, 5.74) is 6.57. The van der Waals surface area contributed by atoms with Crippen LogP contribution >= 0.6 is 12.2 Å². The van der Waals surface area contributed by atoms with Crippen molar-refractivity contribution in [2.24, 2.45) is 0 Å². The molecular weight excluding hydrogens is 444 g/mol. The van der Waals surface area contributed by atoms with Crippen LogP contribution < -0.4 is 5.32 Å². The molecule has 1 saturated carbocycles. The summed E-state index contributed by atoms with van der Waals surface area (Å²) in [5, 5.41) is 13.9. The third-order valence-corrected chi connectivity index (χ3v) is 7.67. The lowest BCUT2D eigenvalue weighted by molar-refractivity contribution is 0.0697. The highest BCUT2D eigenvalue weighted by atomic mass is 32.1. The SMILES string of the molecule is Cc1ccc(C(=O)O)cc1-n1c(C)cc([C@@H]2[C@@H](c3ccccn3)NC(=S)N2C2CCCC2)c1C. The number of nitrogens with one attached hydrogen (secondary N) is 1. The second-order valence-electron chi connectivity index (χ2n) is 9.44. The summed E-state index contributed by atoms with van der Waals surface area (Å²) in [6, 6.07) is 14.0. The van der Waals surface area contributed by atoms with E-state index in [0.29, 0.717) is 6.04 Å². The van der Waals surface area contributed by atoms with Crippen molar-refractivity contribution in [1.82, 2.24) is 19.8 Å². The van der Waals surface area contributed by atoms with Crippen molar-refractivity contribution in [3.63, 3.8) is 0 Å². The molecule has 2 N–H and O–H groups in total. The zero-order valence-corrected chi connectivity index (χ0v) is 20.6. The van der Waals surface area contributed by atoms with Gasteiger partial charge in [0.25, 0.3) is 0 Å². The molecule has 176 valence electrons. The maximum absolute atomic E-state index is 11.7. The Balaban J connectivity index is 1.65. The molecule has 0 unspecified atom stereocenters. The maximum atomic E-state index is 11.7. The normalized spacial score (nSPS) is 20.7. The Bertz CT molecular complexity index is 1250. The van der Waals surface area contributed by atoms with Crippen molar-refractivity contribution in [1.29, 1.82) is 0 Å². The summed E-state index contributed by atoms with van der Waals surface area (Å²) in [6.07, 6.45) is 6.58. The highest BCUT2D eigenvalue weighted by Crippen LogP contribution is 2.45. The zero-order valence-electron chi connectivity index (χ0n) is 19.8. The minimum absolute atomic E-state index is 0.0217. The molecule has 3 heterocycles.